The van der Waals surface area contributed by atoms with Gasteiger partial charge in [0, 0.05) is 12.1 Å². The molecule has 0 radical (unpaired) electrons. The Kier molecular flexibility index (Phi) is 7.18. The summed E-state index contributed by atoms with van der Waals surface area (Å²) in [6, 6.07) is 24.1. The van der Waals surface area contributed by atoms with Crippen LogP contribution in [0.5, 0.6) is 17.2 Å². The van der Waals surface area contributed by atoms with Crippen LogP contribution < -0.4 is 14.2 Å². The molecule has 38 heavy (non-hydrogen) atoms. The summed E-state index contributed by atoms with van der Waals surface area (Å²) >= 11 is 0. The summed E-state index contributed by atoms with van der Waals surface area (Å²) in [6.45, 7) is 0.753. The first kappa shape index (κ1) is 25.1. The number of esters is 1. The number of benzene rings is 4. The third-order valence-electron chi connectivity index (χ3n) is 6.94. The van der Waals surface area contributed by atoms with E-state index < -0.39 is 5.97 Å². The highest BCUT2D eigenvalue weighted by molar-refractivity contribution is 5.99. The van der Waals surface area contributed by atoms with Gasteiger partial charge in [0.1, 0.15) is 12.4 Å². The molecule has 0 spiro atoms. The lowest BCUT2D eigenvalue weighted by Crippen LogP contribution is -2.42. The van der Waals surface area contributed by atoms with Crippen molar-refractivity contribution < 1.29 is 28.5 Å². The van der Waals surface area contributed by atoms with Crippen LogP contribution in [0.1, 0.15) is 37.9 Å². The van der Waals surface area contributed by atoms with Crippen LogP contribution >= 0.6 is 0 Å². The molecule has 0 aliphatic carbocycles. The van der Waals surface area contributed by atoms with Gasteiger partial charge in [-0.05, 0) is 76.9 Å². The van der Waals surface area contributed by atoms with Crippen molar-refractivity contribution in [1.29, 1.82) is 0 Å². The molecule has 0 saturated carbocycles. The molecular formula is C31H29NO6. The predicted molar refractivity (Wildman–Crippen MR) is 144 cm³/mol. The third-order valence-corrected chi connectivity index (χ3v) is 6.94. The maximum absolute atomic E-state index is 13.9. The second-order valence-electron chi connectivity index (χ2n) is 9.06. The lowest BCUT2D eigenvalue weighted by Gasteiger charge is -2.37. The smallest absolute Gasteiger partial charge is 0.337 e. The van der Waals surface area contributed by atoms with Crippen molar-refractivity contribution in [3.8, 4) is 17.2 Å². The summed E-state index contributed by atoms with van der Waals surface area (Å²) in [5, 5.41) is 2.10. The molecule has 1 heterocycles. The molecule has 1 amide bonds. The number of fused-ring (bicyclic) bond motifs is 2. The minimum absolute atomic E-state index is 0.0640. The second-order valence-corrected chi connectivity index (χ2v) is 9.06. The molecule has 0 N–H and O–H groups in total. The van der Waals surface area contributed by atoms with E-state index in [-0.39, 0.29) is 18.6 Å². The molecule has 0 bridgehead atoms. The van der Waals surface area contributed by atoms with Crippen LogP contribution in [-0.2, 0) is 11.2 Å². The fourth-order valence-corrected chi connectivity index (χ4v) is 4.92. The van der Waals surface area contributed by atoms with E-state index in [1.165, 1.54) is 7.11 Å². The van der Waals surface area contributed by atoms with Crippen LogP contribution in [0, 0.1) is 0 Å². The predicted octanol–water partition coefficient (Wildman–Crippen LogP) is 5.46. The van der Waals surface area contributed by atoms with Crippen molar-refractivity contribution >= 4 is 22.6 Å². The number of amides is 1. The number of hydrogen-bond acceptors (Lipinski definition) is 6. The molecule has 7 heteroatoms. The first-order valence-corrected chi connectivity index (χ1v) is 12.4. The fourth-order valence-electron chi connectivity index (χ4n) is 4.92. The van der Waals surface area contributed by atoms with E-state index in [0.717, 1.165) is 21.9 Å². The molecule has 0 fully saturated rings. The van der Waals surface area contributed by atoms with Gasteiger partial charge in [-0.25, -0.2) is 4.79 Å². The maximum atomic E-state index is 13.9. The van der Waals surface area contributed by atoms with Crippen molar-refractivity contribution in [2.24, 2.45) is 0 Å². The van der Waals surface area contributed by atoms with Gasteiger partial charge >= 0.3 is 5.97 Å². The lowest BCUT2D eigenvalue weighted by atomic mass is 9.91. The van der Waals surface area contributed by atoms with Crippen LogP contribution in [-0.4, -0.2) is 51.3 Å². The minimum Gasteiger partial charge on any atom is -0.493 e. The number of methoxy groups -OCH3 is 3. The Morgan fingerprint density at radius 3 is 2.21 bits per heavy atom. The molecule has 1 atom stereocenters. The van der Waals surface area contributed by atoms with Crippen molar-refractivity contribution in [3.05, 3.63) is 101 Å². The van der Waals surface area contributed by atoms with Gasteiger partial charge in [0.2, 0.25) is 0 Å². The first-order valence-electron chi connectivity index (χ1n) is 12.4. The Bertz CT molecular complexity index is 1480. The second kappa shape index (κ2) is 10.8. The van der Waals surface area contributed by atoms with Gasteiger partial charge in [0.05, 0.1) is 32.9 Å². The highest BCUT2D eigenvalue weighted by atomic mass is 16.5. The first-order chi connectivity index (χ1) is 18.5. The van der Waals surface area contributed by atoms with Gasteiger partial charge in [-0.2, -0.15) is 0 Å². The van der Waals surface area contributed by atoms with Gasteiger partial charge in [0.25, 0.3) is 5.91 Å². The molecular weight excluding hydrogens is 482 g/mol. The Hall–Kier alpha value is -4.52. The van der Waals surface area contributed by atoms with E-state index in [4.69, 9.17) is 18.9 Å². The number of hydrogen-bond donors (Lipinski definition) is 0. The van der Waals surface area contributed by atoms with E-state index in [2.05, 4.69) is 0 Å². The highest BCUT2D eigenvalue weighted by Crippen LogP contribution is 2.39. The zero-order valence-electron chi connectivity index (χ0n) is 21.6. The van der Waals surface area contributed by atoms with E-state index in [1.807, 2.05) is 59.5 Å². The third kappa shape index (κ3) is 4.87. The van der Waals surface area contributed by atoms with E-state index in [1.54, 1.807) is 38.5 Å². The van der Waals surface area contributed by atoms with Crippen LogP contribution in [0.3, 0.4) is 0 Å². The average molecular weight is 512 g/mol. The molecule has 1 aliphatic heterocycles. The van der Waals surface area contributed by atoms with Crippen LogP contribution in [0.25, 0.3) is 10.8 Å². The van der Waals surface area contributed by atoms with Crippen LogP contribution in [0.4, 0.5) is 0 Å². The topological polar surface area (TPSA) is 74.3 Å². The van der Waals surface area contributed by atoms with Gasteiger partial charge in [-0.1, -0.05) is 30.3 Å². The Morgan fingerprint density at radius 2 is 1.50 bits per heavy atom. The Labute approximate surface area is 221 Å². The van der Waals surface area contributed by atoms with E-state index in [0.29, 0.717) is 41.3 Å². The molecule has 4 aromatic carbocycles. The summed E-state index contributed by atoms with van der Waals surface area (Å²) in [5.74, 6) is 1.36. The molecule has 1 aliphatic rings. The van der Waals surface area contributed by atoms with Gasteiger partial charge in [-0.3, -0.25) is 4.79 Å². The molecule has 0 saturated heterocycles. The van der Waals surface area contributed by atoms with Crippen molar-refractivity contribution in [3.63, 3.8) is 0 Å². The molecule has 5 rings (SSSR count). The lowest BCUT2D eigenvalue weighted by molar-refractivity contribution is 0.0583. The Balaban J connectivity index is 1.48. The van der Waals surface area contributed by atoms with E-state index in [9.17, 15) is 9.59 Å². The summed E-state index contributed by atoms with van der Waals surface area (Å²) in [4.78, 5) is 27.5. The molecule has 0 aromatic heterocycles. The summed E-state index contributed by atoms with van der Waals surface area (Å²) in [5.41, 5.74) is 3.10. The SMILES string of the molecule is COC(=O)c1ccc(OCC2c3cc(OC)c(OC)cc3CCN2C(=O)c2ccc3ccccc3c2)cc1. The van der Waals surface area contributed by atoms with Gasteiger partial charge in [-0.15, -0.1) is 0 Å². The van der Waals surface area contributed by atoms with Crippen molar-refractivity contribution in [1.82, 2.24) is 4.90 Å². The number of carbonyl (C=O) groups excluding carboxylic acids is 2. The van der Waals surface area contributed by atoms with Gasteiger partial charge < -0.3 is 23.8 Å². The standard InChI is InChI=1S/C31H29NO6/c1-35-28-17-23-14-15-32(30(33)24-9-8-20-6-4-5-7-22(20)16-24)27(26(23)18-29(28)36-2)19-38-25-12-10-21(11-13-25)31(34)37-3/h4-13,16-18,27H,14-15,19H2,1-3H3. The van der Waals surface area contributed by atoms with Crippen molar-refractivity contribution in [2.45, 2.75) is 12.5 Å². The fraction of sp³-hybridized carbons (Fsp3) is 0.226. The number of ether oxygens (including phenoxy) is 4. The number of carbonyl (C=O) groups is 2. The monoisotopic (exact) mass is 511 g/mol. The minimum atomic E-state index is -0.411. The quantitative estimate of drug-likeness (QED) is 0.307. The summed E-state index contributed by atoms with van der Waals surface area (Å²) < 4.78 is 22.0. The summed E-state index contributed by atoms with van der Waals surface area (Å²) in [6.07, 6.45) is 0.680. The van der Waals surface area contributed by atoms with Gasteiger partial charge in [0.15, 0.2) is 11.5 Å². The van der Waals surface area contributed by atoms with E-state index >= 15 is 0 Å². The number of nitrogens with zero attached hydrogens (tertiary/aromatic N) is 1. The van der Waals surface area contributed by atoms with Crippen LogP contribution in [0.15, 0.2) is 78.9 Å². The zero-order valence-corrected chi connectivity index (χ0v) is 21.6. The molecule has 4 aromatic rings. The van der Waals surface area contributed by atoms with Crippen LogP contribution in [0.2, 0.25) is 0 Å². The zero-order chi connectivity index (χ0) is 26.6. The summed E-state index contributed by atoms with van der Waals surface area (Å²) in [7, 11) is 4.55. The highest BCUT2D eigenvalue weighted by Gasteiger charge is 2.33. The molecule has 7 nitrogen and oxygen atoms in total. The molecule has 1 unspecified atom stereocenters. The largest absolute Gasteiger partial charge is 0.493 e. The Morgan fingerprint density at radius 1 is 0.816 bits per heavy atom. The maximum Gasteiger partial charge on any atom is 0.337 e. The normalized spacial score (nSPS) is 14.5. The average Bonchev–Trinajstić information content (AvgIpc) is 2.98. The van der Waals surface area contributed by atoms with Crippen molar-refractivity contribution in [2.75, 3.05) is 34.5 Å². The number of rotatable bonds is 7. The molecule has 194 valence electrons.